The van der Waals surface area contributed by atoms with Gasteiger partial charge in [0.25, 0.3) is 10.0 Å². The Kier molecular flexibility index (Phi) is 5.74. The van der Waals surface area contributed by atoms with Crippen LogP contribution in [0.25, 0.3) is 0 Å². The second-order valence-corrected chi connectivity index (χ2v) is 9.13. The summed E-state index contributed by atoms with van der Waals surface area (Å²) < 4.78 is 41.7. The van der Waals surface area contributed by atoms with Gasteiger partial charge in [-0.2, -0.15) is 11.3 Å². The van der Waals surface area contributed by atoms with E-state index in [2.05, 4.69) is 20.9 Å². The Bertz CT molecular complexity index is 991. The van der Waals surface area contributed by atoms with Crippen LogP contribution in [-0.2, 0) is 16.4 Å². The van der Waals surface area contributed by atoms with Crippen LogP contribution in [0.5, 0.6) is 0 Å². The van der Waals surface area contributed by atoms with E-state index in [1.165, 1.54) is 10.4 Å². The van der Waals surface area contributed by atoms with Crippen LogP contribution in [0.4, 0.5) is 10.1 Å². The molecule has 4 nitrogen and oxygen atoms in total. The summed E-state index contributed by atoms with van der Waals surface area (Å²) in [5.41, 5.74) is 2.17. The van der Waals surface area contributed by atoms with E-state index in [0.717, 1.165) is 17.3 Å². The van der Waals surface area contributed by atoms with Crippen molar-refractivity contribution in [1.29, 1.82) is 0 Å². The van der Waals surface area contributed by atoms with E-state index in [9.17, 15) is 12.8 Å². The third-order valence-electron chi connectivity index (χ3n) is 3.85. The van der Waals surface area contributed by atoms with Gasteiger partial charge in [0.05, 0.1) is 16.8 Å². The molecule has 8 heteroatoms. The number of hydrogen-bond acceptors (Lipinski definition) is 4. The molecule has 0 aliphatic carbocycles. The van der Waals surface area contributed by atoms with E-state index >= 15 is 0 Å². The molecule has 0 unspecified atom stereocenters. The van der Waals surface area contributed by atoms with Crippen molar-refractivity contribution < 1.29 is 12.8 Å². The maximum atomic E-state index is 13.8. The molecule has 0 amide bonds. The first kappa shape index (κ1) is 19.0. The molecule has 0 atom stereocenters. The molecule has 0 aliphatic rings. The molecule has 0 spiro atoms. The molecule has 0 bridgehead atoms. The van der Waals surface area contributed by atoms with E-state index in [-0.39, 0.29) is 21.7 Å². The summed E-state index contributed by atoms with van der Waals surface area (Å²) in [7, 11) is -3.86. The van der Waals surface area contributed by atoms with Gasteiger partial charge in [-0.05, 0) is 63.8 Å². The van der Waals surface area contributed by atoms with Crippen molar-refractivity contribution in [2.75, 3.05) is 10.8 Å². The Morgan fingerprint density at radius 2 is 1.96 bits per heavy atom. The highest BCUT2D eigenvalue weighted by atomic mass is 79.9. The fourth-order valence-corrected chi connectivity index (χ4v) is 5.18. The first-order chi connectivity index (χ1) is 12.4. The number of hydrogen-bond donors (Lipinski definition) is 0. The first-order valence-corrected chi connectivity index (χ1v) is 11.0. The molecule has 0 aliphatic heterocycles. The highest BCUT2D eigenvalue weighted by Crippen LogP contribution is 2.30. The molecule has 0 saturated heterocycles. The summed E-state index contributed by atoms with van der Waals surface area (Å²) in [5.74, 6) is -0.595. The van der Waals surface area contributed by atoms with Gasteiger partial charge in [0.1, 0.15) is 10.4 Å². The number of benzene rings is 1. The SMILES string of the molecule is Cc1ccc(S(=O)(=O)N(CCc2ccsc2)c2cc(F)cnc2Br)cc1. The van der Waals surface area contributed by atoms with E-state index in [1.54, 1.807) is 35.6 Å². The summed E-state index contributed by atoms with van der Waals surface area (Å²) in [6.45, 7) is 2.06. The Labute approximate surface area is 164 Å². The zero-order valence-corrected chi connectivity index (χ0v) is 17.1. The van der Waals surface area contributed by atoms with Crippen LogP contribution in [0.3, 0.4) is 0 Å². The number of sulfonamides is 1. The summed E-state index contributed by atoms with van der Waals surface area (Å²) in [5, 5.41) is 3.91. The van der Waals surface area contributed by atoms with Gasteiger partial charge in [-0.3, -0.25) is 4.31 Å². The first-order valence-electron chi connectivity index (χ1n) is 7.79. The van der Waals surface area contributed by atoms with Crippen LogP contribution in [0.2, 0.25) is 0 Å². The van der Waals surface area contributed by atoms with E-state index < -0.39 is 15.8 Å². The molecule has 26 heavy (non-hydrogen) atoms. The van der Waals surface area contributed by atoms with Crippen LogP contribution < -0.4 is 4.31 Å². The second-order valence-electron chi connectivity index (χ2n) is 5.74. The van der Waals surface area contributed by atoms with Crippen LogP contribution in [0, 0.1) is 12.7 Å². The standard InChI is InChI=1S/C18H16BrFN2O2S2/c1-13-2-4-16(5-3-13)26(23,24)22(8-6-14-7-9-25-12-14)17-10-15(20)11-21-18(17)19/h2-5,7,9-12H,6,8H2,1H3. The Hall–Kier alpha value is -1.77. The zero-order valence-electron chi connectivity index (χ0n) is 13.9. The van der Waals surface area contributed by atoms with Gasteiger partial charge in [0.15, 0.2) is 0 Å². The number of anilines is 1. The van der Waals surface area contributed by atoms with Crippen LogP contribution in [0.1, 0.15) is 11.1 Å². The molecule has 2 aromatic heterocycles. The molecule has 136 valence electrons. The van der Waals surface area contributed by atoms with Crippen molar-refractivity contribution >= 4 is 43.0 Å². The third-order valence-corrected chi connectivity index (χ3v) is 7.02. The number of thiophene rings is 1. The van der Waals surface area contributed by atoms with Crippen molar-refractivity contribution in [3.8, 4) is 0 Å². The molecule has 1 aromatic carbocycles. The van der Waals surface area contributed by atoms with E-state index in [4.69, 9.17) is 0 Å². The number of pyridine rings is 1. The normalized spacial score (nSPS) is 11.5. The minimum atomic E-state index is -3.86. The quantitative estimate of drug-likeness (QED) is 0.503. The van der Waals surface area contributed by atoms with Gasteiger partial charge >= 0.3 is 0 Å². The fraction of sp³-hybridized carbons (Fsp3) is 0.167. The predicted molar refractivity (Wildman–Crippen MR) is 106 cm³/mol. The Balaban J connectivity index is 2.04. The lowest BCUT2D eigenvalue weighted by Gasteiger charge is -2.25. The van der Waals surface area contributed by atoms with Crippen molar-refractivity contribution in [2.24, 2.45) is 0 Å². The summed E-state index contributed by atoms with van der Waals surface area (Å²) in [6.07, 6.45) is 1.56. The lowest BCUT2D eigenvalue weighted by molar-refractivity contribution is 0.589. The van der Waals surface area contributed by atoms with Gasteiger partial charge in [-0.15, -0.1) is 0 Å². The smallest absolute Gasteiger partial charge is 0.263 e. The van der Waals surface area contributed by atoms with Crippen LogP contribution in [-0.4, -0.2) is 19.9 Å². The minimum Gasteiger partial charge on any atom is -0.263 e. The largest absolute Gasteiger partial charge is 0.264 e. The molecular weight excluding hydrogens is 439 g/mol. The van der Waals surface area contributed by atoms with Crippen molar-refractivity contribution in [3.63, 3.8) is 0 Å². The third kappa shape index (κ3) is 4.13. The number of aryl methyl sites for hydroxylation is 1. The molecule has 3 aromatic rings. The van der Waals surface area contributed by atoms with Gasteiger partial charge in [0.2, 0.25) is 0 Å². The highest BCUT2D eigenvalue weighted by molar-refractivity contribution is 9.10. The van der Waals surface area contributed by atoms with Gasteiger partial charge in [-0.1, -0.05) is 17.7 Å². The predicted octanol–water partition coefficient (Wildman–Crippen LogP) is 4.79. The maximum Gasteiger partial charge on any atom is 0.264 e. The van der Waals surface area contributed by atoms with E-state index in [1.807, 2.05) is 23.8 Å². The summed E-state index contributed by atoms with van der Waals surface area (Å²) in [6, 6.07) is 9.72. The molecule has 3 rings (SSSR count). The molecule has 0 radical (unpaired) electrons. The molecule has 0 saturated carbocycles. The van der Waals surface area contributed by atoms with Crippen molar-refractivity contribution in [2.45, 2.75) is 18.2 Å². The topological polar surface area (TPSA) is 50.3 Å². The second kappa shape index (κ2) is 7.85. The number of halogens is 2. The Morgan fingerprint density at radius 1 is 1.23 bits per heavy atom. The van der Waals surface area contributed by atoms with E-state index in [0.29, 0.717) is 6.42 Å². The molecule has 2 heterocycles. The van der Waals surface area contributed by atoms with Gasteiger partial charge in [0, 0.05) is 12.6 Å². The lowest BCUT2D eigenvalue weighted by atomic mass is 10.2. The average molecular weight is 455 g/mol. The van der Waals surface area contributed by atoms with Crippen LogP contribution >= 0.6 is 27.3 Å². The van der Waals surface area contributed by atoms with Gasteiger partial charge in [-0.25, -0.2) is 17.8 Å². The summed E-state index contributed by atoms with van der Waals surface area (Å²) >= 11 is 4.79. The molecule has 0 fully saturated rings. The maximum absolute atomic E-state index is 13.8. The highest BCUT2D eigenvalue weighted by Gasteiger charge is 2.27. The fourth-order valence-electron chi connectivity index (χ4n) is 2.46. The zero-order chi connectivity index (χ0) is 18.7. The number of rotatable bonds is 6. The van der Waals surface area contributed by atoms with Crippen molar-refractivity contribution in [1.82, 2.24) is 4.98 Å². The van der Waals surface area contributed by atoms with Crippen molar-refractivity contribution in [3.05, 3.63) is 74.9 Å². The monoisotopic (exact) mass is 454 g/mol. The van der Waals surface area contributed by atoms with Crippen LogP contribution in [0.15, 0.2) is 62.9 Å². The lowest BCUT2D eigenvalue weighted by Crippen LogP contribution is -2.33. The van der Waals surface area contributed by atoms with Gasteiger partial charge < -0.3 is 0 Å². The summed E-state index contributed by atoms with van der Waals surface area (Å²) in [4.78, 5) is 4.06. The molecule has 0 N–H and O–H groups in total. The average Bonchev–Trinajstić information content (AvgIpc) is 3.12. The minimum absolute atomic E-state index is 0.157. The number of aromatic nitrogens is 1. The molecular formula is C18H16BrFN2O2S2. The Morgan fingerprint density at radius 3 is 2.62 bits per heavy atom. The number of nitrogens with zero attached hydrogens (tertiary/aromatic N) is 2.